The van der Waals surface area contributed by atoms with Gasteiger partial charge in [-0.05, 0) is 43.2 Å². The Hall–Kier alpha value is -2.12. The summed E-state index contributed by atoms with van der Waals surface area (Å²) in [4.78, 5) is 14.6. The molecule has 25 heavy (non-hydrogen) atoms. The number of fused-ring (bicyclic) bond motifs is 1. The summed E-state index contributed by atoms with van der Waals surface area (Å²) in [7, 11) is -3.50. The van der Waals surface area contributed by atoms with Crippen molar-refractivity contribution in [1.29, 1.82) is 0 Å². The zero-order valence-corrected chi connectivity index (χ0v) is 15.5. The molecule has 1 aliphatic heterocycles. The van der Waals surface area contributed by atoms with E-state index in [0.29, 0.717) is 31.8 Å². The van der Waals surface area contributed by atoms with Crippen LogP contribution in [0.2, 0.25) is 0 Å². The molecule has 2 heterocycles. The summed E-state index contributed by atoms with van der Waals surface area (Å²) in [6.07, 6.45) is 2.13. The molecule has 1 aromatic carbocycles. The van der Waals surface area contributed by atoms with E-state index in [2.05, 4.69) is 0 Å². The number of sulfonamides is 1. The number of amides is 1. The van der Waals surface area contributed by atoms with Crippen molar-refractivity contribution in [2.45, 2.75) is 32.1 Å². The molecule has 6 nitrogen and oxygen atoms in total. The lowest BCUT2D eigenvalue weighted by Crippen LogP contribution is -2.30. The Morgan fingerprint density at radius 2 is 1.96 bits per heavy atom. The third-order valence-electron chi connectivity index (χ3n) is 4.59. The average Bonchev–Trinajstić information content (AvgIpc) is 3.20. The van der Waals surface area contributed by atoms with E-state index in [1.54, 1.807) is 29.2 Å². The topological polar surface area (TPSA) is 70.8 Å². The van der Waals surface area contributed by atoms with Gasteiger partial charge < -0.3 is 9.32 Å². The highest BCUT2D eigenvalue weighted by atomic mass is 32.2. The maximum Gasteiger partial charge on any atom is 0.294 e. The first-order valence-electron chi connectivity index (χ1n) is 8.39. The van der Waals surface area contributed by atoms with Crippen LogP contribution < -0.4 is 4.90 Å². The van der Waals surface area contributed by atoms with E-state index in [1.807, 2.05) is 20.8 Å². The molecule has 0 N–H and O–H groups in total. The Kier molecular flexibility index (Phi) is 4.71. The number of anilines is 1. The number of benzene rings is 1. The number of carbonyl (C=O) groups is 1. The zero-order chi connectivity index (χ0) is 18.2. The van der Waals surface area contributed by atoms with Gasteiger partial charge in [-0.15, -0.1) is 0 Å². The van der Waals surface area contributed by atoms with E-state index in [9.17, 15) is 13.2 Å². The molecule has 0 spiro atoms. The second-order valence-electron chi connectivity index (χ2n) is 6.02. The van der Waals surface area contributed by atoms with Crippen LogP contribution in [0.1, 0.15) is 35.5 Å². The quantitative estimate of drug-likeness (QED) is 0.820. The molecule has 7 heteroatoms. The summed E-state index contributed by atoms with van der Waals surface area (Å²) in [6, 6.07) is 6.73. The highest BCUT2D eigenvalue weighted by Crippen LogP contribution is 2.32. The lowest BCUT2D eigenvalue weighted by Gasteiger charge is -2.20. The molecule has 0 unspecified atom stereocenters. The first kappa shape index (κ1) is 17.7. The Morgan fingerprint density at radius 3 is 2.56 bits per heavy atom. The molecule has 1 aliphatic rings. The third-order valence-corrected chi connectivity index (χ3v) is 6.64. The van der Waals surface area contributed by atoms with Gasteiger partial charge in [0.2, 0.25) is 10.0 Å². The lowest BCUT2D eigenvalue weighted by atomic mass is 10.2. The fraction of sp³-hybridized carbons (Fsp3) is 0.389. The lowest BCUT2D eigenvalue weighted by molar-refractivity contribution is 0.0962. The number of carbonyl (C=O) groups excluding carboxylic acids is 1. The van der Waals surface area contributed by atoms with Crippen molar-refractivity contribution in [3.63, 3.8) is 0 Å². The molecule has 3 rings (SSSR count). The molecule has 0 radical (unpaired) electrons. The number of hydrogen-bond donors (Lipinski definition) is 0. The number of rotatable bonds is 5. The van der Waals surface area contributed by atoms with Gasteiger partial charge in [0.1, 0.15) is 0 Å². The molecule has 1 amide bonds. The maximum absolute atomic E-state index is 12.7. The van der Waals surface area contributed by atoms with Gasteiger partial charge in [0.15, 0.2) is 5.76 Å². The van der Waals surface area contributed by atoms with Crippen LogP contribution in [0.3, 0.4) is 0 Å². The minimum Gasteiger partial charge on any atom is -0.459 e. The highest BCUT2D eigenvalue weighted by molar-refractivity contribution is 7.89. The van der Waals surface area contributed by atoms with Crippen LogP contribution in [0.25, 0.3) is 0 Å². The number of nitrogens with zero attached hydrogens (tertiary/aromatic N) is 2. The van der Waals surface area contributed by atoms with Gasteiger partial charge in [0.05, 0.1) is 11.2 Å². The van der Waals surface area contributed by atoms with E-state index < -0.39 is 10.0 Å². The van der Waals surface area contributed by atoms with Gasteiger partial charge >= 0.3 is 0 Å². The van der Waals surface area contributed by atoms with Crippen LogP contribution in [-0.4, -0.2) is 38.3 Å². The normalized spacial score (nSPS) is 14.2. The average molecular weight is 362 g/mol. The first-order chi connectivity index (χ1) is 11.9. The highest BCUT2D eigenvalue weighted by Gasteiger charge is 2.30. The van der Waals surface area contributed by atoms with Crippen LogP contribution in [0, 0.1) is 6.92 Å². The third kappa shape index (κ3) is 2.98. The van der Waals surface area contributed by atoms with Crippen molar-refractivity contribution in [3.05, 3.63) is 47.4 Å². The molecule has 0 saturated heterocycles. The molecule has 134 valence electrons. The van der Waals surface area contributed by atoms with Crippen LogP contribution >= 0.6 is 0 Å². The predicted molar refractivity (Wildman–Crippen MR) is 95.4 cm³/mol. The standard InChI is InChI=1S/C18H22N2O4S/c1-4-19(5-2)25(22,23)15-6-7-16-14(12-15)8-10-20(16)18(21)17-13(3)9-11-24-17/h6-7,9,11-12H,4-5,8,10H2,1-3H3. The van der Waals surface area contributed by atoms with Gasteiger partial charge in [-0.2, -0.15) is 4.31 Å². The first-order valence-corrected chi connectivity index (χ1v) is 9.83. The van der Waals surface area contributed by atoms with Crippen molar-refractivity contribution in [2.75, 3.05) is 24.5 Å². The van der Waals surface area contributed by atoms with Gasteiger partial charge in [-0.25, -0.2) is 8.42 Å². The summed E-state index contributed by atoms with van der Waals surface area (Å²) in [6.45, 7) is 6.84. The molecule has 0 aliphatic carbocycles. The van der Waals surface area contributed by atoms with Crippen molar-refractivity contribution in [3.8, 4) is 0 Å². The molecule has 0 saturated carbocycles. The monoisotopic (exact) mass is 362 g/mol. The smallest absolute Gasteiger partial charge is 0.294 e. The molecule has 2 aromatic rings. The van der Waals surface area contributed by atoms with Crippen LogP contribution in [0.4, 0.5) is 5.69 Å². The second kappa shape index (κ2) is 6.65. The minimum absolute atomic E-state index is 0.194. The Bertz CT molecular complexity index is 898. The van der Waals surface area contributed by atoms with Crippen LogP contribution in [0.15, 0.2) is 39.8 Å². The fourth-order valence-corrected chi connectivity index (χ4v) is 4.69. The van der Waals surface area contributed by atoms with Crippen LogP contribution in [-0.2, 0) is 16.4 Å². The Balaban J connectivity index is 1.94. The van der Waals surface area contributed by atoms with Gasteiger partial charge in [0, 0.05) is 30.9 Å². The van der Waals surface area contributed by atoms with E-state index in [4.69, 9.17) is 4.42 Å². The summed E-state index contributed by atoms with van der Waals surface area (Å²) in [5, 5.41) is 0. The maximum atomic E-state index is 12.7. The van der Waals surface area contributed by atoms with Gasteiger partial charge in [-0.1, -0.05) is 13.8 Å². The van der Waals surface area contributed by atoms with E-state index in [1.165, 1.54) is 10.6 Å². The van der Waals surface area contributed by atoms with Gasteiger partial charge in [-0.3, -0.25) is 4.79 Å². The molecular weight excluding hydrogens is 340 g/mol. The van der Waals surface area contributed by atoms with Crippen LogP contribution in [0.5, 0.6) is 0 Å². The molecule has 0 fully saturated rings. The predicted octanol–water partition coefficient (Wildman–Crippen LogP) is 2.82. The summed E-state index contributed by atoms with van der Waals surface area (Å²) in [5.41, 5.74) is 2.41. The molecule has 0 atom stereocenters. The van der Waals surface area contributed by atoms with E-state index >= 15 is 0 Å². The van der Waals surface area contributed by atoms with E-state index in [-0.39, 0.29) is 10.8 Å². The van der Waals surface area contributed by atoms with E-state index in [0.717, 1.165) is 16.8 Å². The summed E-state index contributed by atoms with van der Waals surface area (Å²) >= 11 is 0. The SMILES string of the molecule is CCN(CC)S(=O)(=O)c1ccc2c(c1)CCN2C(=O)c1occc1C. The number of aryl methyl sites for hydroxylation is 1. The Labute approximate surface area is 148 Å². The van der Waals surface area contributed by atoms with Crippen molar-refractivity contribution >= 4 is 21.6 Å². The van der Waals surface area contributed by atoms with Crippen molar-refractivity contribution in [2.24, 2.45) is 0 Å². The molecule has 1 aromatic heterocycles. The molecular formula is C18H22N2O4S. The second-order valence-corrected chi connectivity index (χ2v) is 7.96. The van der Waals surface area contributed by atoms with Crippen molar-refractivity contribution < 1.29 is 17.6 Å². The minimum atomic E-state index is -3.50. The number of furan rings is 1. The molecule has 0 bridgehead atoms. The van der Waals surface area contributed by atoms with Gasteiger partial charge in [0.25, 0.3) is 5.91 Å². The largest absolute Gasteiger partial charge is 0.459 e. The zero-order valence-electron chi connectivity index (χ0n) is 14.7. The fourth-order valence-electron chi connectivity index (χ4n) is 3.18. The Morgan fingerprint density at radius 1 is 1.24 bits per heavy atom. The summed E-state index contributed by atoms with van der Waals surface area (Å²) < 4.78 is 32.1. The number of hydrogen-bond acceptors (Lipinski definition) is 4. The van der Waals surface area contributed by atoms with Crippen molar-refractivity contribution in [1.82, 2.24) is 4.31 Å². The summed E-state index contributed by atoms with van der Waals surface area (Å²) in [5.74, 6) is 0.133.